The van der Waals surface area contributed by atoms with Crippen molar-refractivity contribution >= 4 is 11.6 Å². The zero-order valence-electron chi connectivity index (χ0n) is 14.8. The number of pyridine rings is 1. The van der Waals surface area contributed by atoms with Crippen molar-refractivity contribution in [2.24, 2.45) is 0 Å². The van der Waals surface area contributed by atoms with Crippen molar-refractivity contribution < 1.29 is 9.53 Å². The van der Waals surface area contributed by atoms with Gasteiger partial charge in [-0.25, -0.2) is 9.67 Å². The number of amides is 1. The smallest absolute Gasteiger partial charge is 0.270 e. The van der Waals surface area contributed by atoms with Crippen molar-refractivity contribution in [3.05, 3.63) is 57.9 Å². The highest BCUT2D eigenvalue weighted by atomic mass is 16.5. The van der Waals surface area contributed by atoms with Crippen LogP contribution in [0.15, 0.2) is 35.4 Å². The summed E-state index contributed by atoms with van der Waals surface area (Å²) in [4.78, 5) is 32.0. The maximum atomic E-state index is 13.1. The van der Waals surface area contributed by atoms with Gasteiger partial charge in [-0.3, -0.25) is 14.0 Å². The molecular weight excluding hydrogens is 348 g/mol. The molecule has 9 heteroatoms. The highest BCUT2D eigenvalue weighted by molar-refractivity contribution is 5.93. The average molecular weight is 366 g/mol. The van der Waals surface area contributed by atoms with E-state index in [0.29, 0.717) is 31.8 Å². The zero-order valence-corrected chi connectivity index (χ0v) is 14.8. The number of likely N-dealkylation sites (tertiary alicyclic amines) is 1. The molecule has 2 aliphatic heterocycles. The van der Waals surface area contributed by atoms with E-state index in [-0.39, 0.29) is 29.2 Å². The average Bonchev–Trinajstić information content (AvgIpc) is 3.17. The number of carbonyl (C=O) groups excluding carboxylic acids is 1. The molecule has 27 heavy (non-hydrogen) atoms. The Bertz CT molecular complexity index is 1100. The van der Waals surface area contributed by atoms with Crippen molar-refractivity contribution in [1.29, 1.82) is 0 Å². The maximum Gasteiger partial charge on any atom is 0.270 e. The normalized spacial score (nSPS) is 21.7. The molecule has 1 amide bonds. The Morgan fingerprint density at radius 2 is 2.19 bits per heavy atom. The van der Waals surface area contributed by atoms with Crippen LogP contribution in [0.1, 0.15) is 34.2 Å². The van der Waals surface area contributed by atoms with Crippen LogP contribution in [-0.4, -0.2) is 54.4 Å². The van der Waals surface area contributed by atoms with E-state index in [2.05, 4.69) is 15.3 Å². The van der Waals surface area contributed by atoms with Gasteiger partial charge in [-0.05, 0) is 25.5 Å². The third kappa shape index (κ3) is 2.46. The van der Waals surface area contributed by atoms with E-state index in [9.17, 15) is 9.59 Å². The summed E-state index contributed by atoms with van der Waals surface area (Å²) >= 11 is 0. The molecule has 5 heterocycles. The van der Waals surface area contributed by atoms with Crippen molar-refractivity contribution in [2.75, 3.05) is 13.1 Å². The topological polar surface area (TPSA) is 94.6 Å². The minimum atomic E-state index is -0.341. The molecule has 2 aliphatic rings. The second kappa shape index (κ2) is 5.98. The van der Waals surface area contributed by atoms with Crippen LogP contribution in [0.3, 0.4) is 0 Å². The molecule has 2 atom stereocenters. The number of fused-ring (bicyclic) bond motifs is 4. The summed E-state index contributed by atoms with van der Waals surface area (Å²) in [6, 6.07) is 5.32. The first-order valence-electron chi connectivity index (χ1n) is 8.91. The molecule has 3 aromatic heterocycles. The number of carbonyl (C=O) groups is 1. The van der Waals surface area contributed by atoms with E-state index in [1.54, 1.807) is 17.2 Å². The third-order valence-electron chi connectivity index (χ3n) is 5.37. The maximum absolute atomic E-state index is 13.1. The number of nitrogens with zero attached hydrogens (tertiary/aromatic N) is 6. The molecule has 0 spiro atoms. The molecule has 0 saturated carbocycles. The summed E-state index contributed by atoms with van der Waals surface area (Å²) in [5.74, 6) is -0.309. The van der Waals surface area contributed by atoms with E-state index < -0.39 is 0 Å². The van der Waals surface area contributed by atoms with Gasteiger partial charge in [0.2, 0.25) is 0 Å². The second-order valence-corrected chi connectivity index (χ2v) is 6.96. The summed E-state index contributed by atoms with van der Waals surface area (Å²) in [6.45, 7) is 3.26. The van der Waals surface area contributed by atoms with Crippen molar-refractivity contribution in [2.45, 2.75) is 32.1 Å². The highest BCUT2D eigenvalue weighted by Crippen LogP contribution is 2.30. The van der Waals surface area contributed by atoms with Crippen molar-refractivity contribution in [3.8, 4) is 0 Å². The Morgan fingerprint density at radius 3 is 3.07 bits per heavy atom. The zero-order chi connectivity index (χ0) is 18.5. The van der Waals surface area contributed by atoms with Crippen LogP contribution in [0.5, 0.6) is 0 Å². The number of aryl methyl sites for hydroxylation is 1. The first-order chi connectivity index (χ1) is 13.1. The lowest BCUT2D eigenvalue weighted by Gasteiger charge is -2.40. The summed E-state index contributed by atoms with van der Waals surface area (Å²) in [5.41, 5.74) is 1.91. The quantitative estimate of drug-likeness (QED) is 0.625. The van der Waals surface area contributed by atoms with Crippen LogP contribution in [0, 0.1) is 6.92 Å². The van der Waals surface area contributed by atoms with Gasteiger partial charge >= 0.3 is 0 Å². The summed E-state index contributed by atoms with van der Waals surface area (Å²) in [7, 11) is 0. The Labute approximate surface area is 154 Å². The molecule has 9 nitrogen and oxygen atoms in total. The van der Waals surface area contributed by atoms with E-state index in [1.807, 2.05) is 23.7 Å². The van der Waals surface area contributed by atoms with Crippen molar-refractivity contribution in [3.63, 3.8) is 0 Å². The minimum Gasteiger partial charge on any atom is -0.370 e. The Balaban J connectivity index is 1.49. The Hall–Kier alpha value is -3.07. The Morgan fingerprint density at radius 1 is 1.30 bits per heavy atom. The van der Waals surface area contributed by atoms with Gasteiger partial charge < -0.3 is 9.64 Å². The molecule has 5 rings (SSSR count). The molecule has 0 radical (unpaired) electrons. The fraction of sp³-hybridized carbons (Fsp3) is 0.389. The largest absolute Gasteiger partial charge is 0.370 e. The molecule has 0 aliphatic carbocycles. The van der Waals surface area contributed by atoms with Crippen LogP contribution in [-0.2, 0) is 11.3 Å². The van der Waals surface area contributed by atoms with Crippen LogP contribution < -0.4 is 5.56 Å². The van der Waals surface area contributed by atoms with Crippen LogP contribution in [0.4, 0.5) is 0 Å². The number of hydrogen-bond acceptors (Lipinski definition) is 6. The third-order valence-corrected chi connectivity index (χ3v) is 5.37. The first-order valence-corrected chi connectivity index (χ1v) is 8.91. The summed E-state index contributed by atoms with van der Waals surface area (Å²) in [5, 5.41) is 8.10. The number of aromatic nitrogens is 5. The van der Waals surface area contributed by atoms with E-state index in [0.717, 1.165) is 11.4 Å². The number of rotatable bonds is 1. The number of ether oxygens (including phenoxy) is 1. The van der Waals surface area contributed by atoms with Crippen molar-refractivity contribution in [1.82, 2.24) is 29.3 Å². The standard InChI is InChI=1S/C18H18N6O3/c1-11-3-2-4-16-19-8-13(18(26)23(11)16)17(25)22-6-5-15-14(9-22)24-12(10-27-15)7-20-21-24/h2-4,7-8,14-15H,5-6,9-10H2,1H3/t14-,15+/m0/s1. The predicted octanol–water partition coefficient (Wildman–Crippen LogP) is 0.580. The summed E-state index contributed by atoms with van der Waals surface area (Å²) in [6.07, 6.45) is 3.75. The van der Waals surface area contributed by atoms with Gasteiger partial charge in [0, 0.05) is 25.0 Å². The fourth-order valence-corrected chi connectivity index (χ4v) is 3.96. The molecule has 3 aromatic rings. The predicted molar refractivity (Wildman–Crippen MR) is 94.4 cm³/mol. The number of hydrogen-bond donors (Lipinski definition) is 0. The Kier molecular flexibility index (Phi) is 3.57. The monoisotopic (exact) mass is 366 g/mol. The molecule has 0 N–H and O–H groups in total. The van der Waals surface area contributed by atoms with Crippen LogP contribution in [0.2, 0.25) is 0 Å². The van der Waals surface area contributed by atoms with E-state index >= 15 is 0 Å². The lowest BCUT2D eigenvalue weighted by atomic mass is 10.00. The van der Waals surface area contributed by atoms with Gasteiger partial charge in [0.15, 0.2) is 0 Å². The molecule has 0 unspecified atom stereocenters. The van der Waals surface area contributed by atoms with Gasteiger partial charge in [-0.2, -0.15) is 0 Å². The lowest BCUT2D eigenvalue weighted by Crippen LogP contribution is -2.50. The van der Waals surface area contributed by atoms with E-state index in [4.69, 9.17) is 4.74 Å². The fourth-order valence-electron chi connectivity index (χ4n) is 3.96. The van der Waals surface area contributed by atoms with Crippen LogP contribution in [0.25, 0.3) is 5.65 Å². The molecule has 1 fully saturated rings. The van der Waals surface area contributed by atoms with Gasteiger partial charge in [0.05, 0.1) is 30.6 Å². The molecular formula is C18H18N6O3. The van der Waals surface area contributed by atoms with Crippen LogP contribution >= 0.6 is 0 Å². The molecule has 0 aromatic carbocycles. The summed E-state index contributed by atoms with van der Waals surface area (Å²) < 4.78 is 9.19. The highest BCUT2D eigenvalue weighted by Gasteiger charge is 2.38. The second-order valence-electron chi connectivity index (χ2n) is 6.96. The molecule has 138 valence electrons. The van der Waals surface area contributed by atoms with E-state index in [1.165, 1.54) is 10.6 Å². The minimum absolute atomic E-state index is 0.00122. The molecule has 0 bridgehead atoms. The molecule has 1 saturated heterocycles. The van der Waals surface area contributed by atoms with Gasteiger partial charge in [-0.15, -0.1) is 5.10 Å². The SMILES string of the molecule is Cc1cccc2ncc(C(=O)N3CC[C@H]4OCc5cnnn5[C@H]4C3)c(=O)n12. The van der Waals surface area contributed by atoms with Gasteiger partial charge in [0.25, 0.3) is 11.5 Å². The van der Waals surface area contributed by atoms with Gasteiger partial charge in [0.1, 0.15) is 11.2 Å². The van der Waals surface area contributed by atoms with Gasteiger partial charge in [-0.1, -0.05) is 11.3 Å². The lowest BCUT2D eigenvalue weighted by molar-refractivity contribution is -0.0605. The first kappa shape index (κ1) is 16.1. The number of piperidine rings is 1.